The number of hydrogen-bond donors (Lipinski definition) is 1. The molecular weight excluding hydrogens is 262 g/mol. The summed E-state index contributed by atoms with van der Waals surface area (Å²) in [6.45, 7) is 2.98. The molecule has 1 aliphatic rings. The summed E-state index contributed by atoms with van der Waals surface area (Å²) in [5, 5.41) is 4.24. The first-order valence-corrected chi connectivity index (χ1v) is 7.18. The van der Waals surface area contributed by atoms with Gasteiger partial charge < -0.3 is 14.8 Å². The molecule has 1 aromatic carbocycles. The highest BCUT2D eigenvalue weighted by Crippen LogP contribution is 2.42. The molecule has 3 nitrogen and oxygen atoms in total. The summed E-state index contributed by atoms with van der Waals surface area (Å²) in [5.41, 5.74) is 1.08. The Bertz CT molecular complexity index is 421. The van der Waals surface area contributed by atoms with E-state index in [2.05, 4.69) is 12.2 Å². The third-order valence-electron chi connectivity index (χ3n) is 3.64. The molecule has 0 radical (unpaired) electrons. The topological polar surface area (TPSA) is 30.5 Å². The predicted octanol–water partition coefficient (Wildman–Crippen LogP) is 3.42. The van der Waals surface area contributed by atoms with Crippen LogP contribution < -0.4 is 10.1 Å². The molecule has 0 amide bonds. The molecule has 0 heterocycles. The van der Waals surface area contributed by atoms with Crippen molar-refractivity contribution in [2.45, 2.75) is 31.9 Å². The molecule has 0 spiro atoms. The fraction of sp³-hybridized carbons (Fsp3) is 0.600. The van der Waals surface area contributed by atoms with Crippen LogP contribution in [0.15, 0.2) is 18.2 Å². The number of halogens is 1. The van der Waals surface area contributed by atoms with Crippen molar-refractivity contribution in [1.82, 2.24) is 5.32 Å². The summed E-state index contributed by atoms with van der Waals surface area (Å²) in [7, 11) is 3.47. The molecule has 1 fully saturated rings. The maximum absolute atomic E-state index is 6.14. The van der Waals surface area contributed by atoms with Gasteiger partial charge in [0.2, 0.25) is 0 Å². The van der Waals surface area contributed by atoms with E-state index >= 15 is 0 Å². The highest BCUT2D eigenvalue weighted by atomic mass is 35.5. The zero-order valence-corrected chi connectivity index (χ0v) is 12.5. The van der Waals surface area contributed by atoms with Crippen LogP contribution >= 0.6 is 11.6 Å². The van der Waals surface area contributed by atoms with E-state index in [1.165, 1.54) is 12.8 Å². The highest BCUT2D eigenvalue weighted by molar-refractivity contribution is 6.30. The first-order valence-electron chi connectivity index (χ1n) is 6.80. The van der Waals surface area contributed by atoms with E-state index in [0.29, 0.717) is 5.92 Å². The van der Waals surface area contributed by atoms with E-state index in [4.69, 9.17) is 21.1 Å². The first kappa shape index (κ1) is 14.6. The molecule has 1 aliphatic carbocycles. The predicted molar refractivity (Wildman–Crippen MR) is 77.9 cm³/mol. The zero-order chi connectivity index (χ0) is 13.8. The van der Waals surface area contributed by atoms with Crippen molar-refractivity contribution < 1.29 is 9.47 Å². The summed E-state index contributed by atoms with van der Waals surface area (Å²) in [4.78, 5) is 0. The quantitative estimate of drug-likeness (QED) is 0.832. The number of hydrogen-bond acceptors (Lipinski definition) is 3. The van der Waals surface area contributed by atoms with Crippen molar-refractivity contribution in [3.63, 3.8) is 0 Å². The molecule has 106 valence electrons. The molecule has 1 N–H and O–H groups in total. The maximum Gasteiger partial charge on any atom is 0.123 e. The minimum absolute atomic E-state index is 0.121. The van der Waals surface area contributed by atoms with Crippen LogP contribution in [0.1, 0.15) is 31.4 Å². The Morgan fingerprint density at radius 1 is 1.37 bits per heavy atom. The number of likely N-dealkylation sites (N-methyl/N-ethyl adjacent to an activating group) is 1. The molecule has 0 saturated heterocycles. The van der Waals surface area contributed by atoms with Gasteiger partial charge in [-0.3, -0.25) is 0 Å². The number of nitrogens with one attached hydrogen (secondary N) is 1. The standard InChI is InChI=1S/C15H22ClNO2/c1-4-17-14(15(19-3)10-5-6-10)12-9-11(16)7-8-13(12)18-2/h7-10,14-15,17H,4-6H2,1-3H3. The Balaban J connectivity index is 2.33. The summed E-state index contributed by atoms with van der Waals surface area (Å²) in [6, 6.07) is 5.87. The average molecular weight is 284 g/mol. The van der Waals surface area contributed by atoms with Crippen LogP contribution in [0, 0.1) is 5.92 Å². The third-order valence-corrected chi connectivity index (χ3v) is 3.87. The lowest BCUT2D eigenvalue weighted by molar-refractivity contribution is 0.0504. The normalized spacial score (nSPS) is 18.1. The molecule has 4 heteroatoms. The van der Waals surface area contributed by atoms with Crippen molar-refractivity contribution in [2.24, 2.45) is 5.92 Å². The smallest absolute Gasteiger partial charge is 0.123 e. The van der Waals surface area contributed by atoms with E-state index in [-0.39, 0.29) is 12.1 Å². The van der Waals surface area contributed by atoms with E-state index in [9.17, 15) is 0 Å². The third kappa shape index (κ3) is 3.41. The van der Waals surface area contributed by atoms with Crippen LogP contribution in [-0.2, 0) is 4.74 Å². The van der Waals surface area contributed by atoms with Gasteiger partial charge in [-0.25, -0.2) is 0 Å². The lowest BCUT2D eigenvalue weighted by Crippen LogP contribution is -2.35. The molecule has 0 aromatic heterocycles. The summed E-state index contributed by atoms with van der Waals surface area (Å²) in [5.74, 6) is 1.50. The van der Waals surface area contributed by atoms with Gasteiger partial charge in [-0.15, -0.1) is 0 Å². The van der Waals surface area contributed by atoms with Gasteiger partial charge in [0.15, 0.2) is 0 Å². The Hall–Kier alpha value is -0.770. The SMILES string of the molecule is CCNC(c1cc(Cl)ccc1OC)C(OC)C1CC1. The van der Waals surface area contributed by atoms with Crippen LogP contribution in [0.25, 0.3) is 0 Å². The summed E-state index contributed by atoms with van der Waals surface area (Å²) < 4.78 is 11.2. The first-order chi connectivity index (χ1) is 9.21. The van der Waals surface area contributed by atoms with Crippen LogP contribution in [0.4, 0.5) is 0 Å². The van der Waals surface area contributed by atoms with E-state index in [1.807, 2.05) is 18.2 Å². The molecule has 19 heavy (non-hydrogen) atoms. The number of methoxy groups -OCH3 is 2. The lowest BCUT2D eigenvalue weighted by Gasteiger charge is -2.28. The van der Waals surface area contributed by atoms with Crippen LogP contribution in [0.3, 0.4) is 0 Å². The van der Waals surface area contributed by atoms with Crippen molar-refractivity contribution >= 4 is 11.6 Å². The largest absolute Gasteiger partial charge is 0.496 e. The molecular formula is C15H22ClNO2. The minimum atomic E-state index is 0.121. The van der Waals surface area contributed by atoms with Gasteiger partial charge in [-0.05, 0) is 43.5 Å². The molecule has 2 atom stereocenters. The Morgan fingerprint density at radius 3 is 2.63 bits per heavy atom. The molecule has 0 aliphatic heterocycles. The zero-order valence-electron chi connectivity index (χ0n) is 11.8. The monoisotopic (exact) mass is 283 g/mol. The van der Waals surface area contributed by atoms with E-state index < -0.39 is 0 Å². The van der Waals surface area contributed by atoms with E-state index in [0.717, 1.165) is 22.9 Å². The second-order valence-corrected chi connectivity index (χ2v) is 5.40. The second-order valence-electron chi connectivity index (χ2n) is 4.96. The van der Waals surface area contributed by atoms with Crippen LogP contribution in [-0.4, -0.2) is 26.9 Å². The number of rotatable bonds is 7. The molecule has 2 rings (SSSR count). The van der Waals surface area contributed by atoms with Gasteiger partial charge >= 0.3 is 0 Å². The van der Waals surface area contributed by atoms with Crippen LogP contribution in [0.2, 0.25) is 5.02 Å². The second kappa shape index (κ2) is 6.60. The highest BCUT2D eigenvalue weighted by Gasteiger charge is 2.38. The number of ether oxygens (including phenoxy) is 2. The van der Waals surface area contributed by atoms with E-state index in [1.54, 1.807) is 14.2 Å². The summed E-state index contributed by atoms with van der Waals surface area (Å²) >= 11 is 6.14. The molecule has 1 saturated carbocycles. The fourth-order valence-corrected chi connectivity index (χ4v) is 2.78. The van der Waals surface area contributed by atoms with Gasteiger partial charge in [0.05, 0.1) is 19.3 Å². The summed E-state index contributed by atoms with van der Waals surface area (Å²) in [6.07, 6.45) is 2.65. The molecule has 2 unspecified atom stereocenters. The van der Waals surface area contributed by atoms with Gasteiger partial charge in [0.25, 0.3) is 0 Å². The van der Waals surface area contributed by atoms with Crippen LogP contribution in [0.5, 0.6) is 5.75 Å². The van der Waals surface area contributed by atoms with Gasteiger partial charge in [-0.1, -0.05) is 18.5 Å². The van der Waals surface area contributed by atoms with Crippen molar-refractivity contribution in [1.29, 1.82) is 0 Å². The van der Waals surface area contributed by atoms with Crippen molar-refractivity contribution in [2.75, 3.05) is 20.8 Å². The average Bonchev–Trinajstić information content (AvgIpc) is 3.23. The van der Waals surface area contributed by atoms with Crippen molar-refractivity contribution in [3.8, 4) is 5.75 Å². The Kier molecular flexibility index (Phi) is 5.08. The minimum Gasteiger partial charge on any atom is -0.496 e. The van der Waals surface area contributed by atoms with Gasteiger partial charge in [-0.2, -0.15) is 0 Å². The van der Waals surface area contributed by atoms with Gasteiger partial charge in [0.1, 0.15) is 5.75 Å². The lowest BCUT2D eigenvalue weighted by atomic mass is 9.97. The van der Waals surface area contributed by atoms with Crippen molar-refractivity contribution in [3.05, 3.63) is 28.8 Å². The Labute approximate surface area is 120 Å². The Morgan fingerprint density at radius 2 is 2.11 bits per heavy atom. The number of benzene rings is 1. The molecule has 1 aromatic rings. The molecule has 0 bridgehead atoms. The maximum atomic E-state index is 6.14. The fourth-order valence-electron chi connectivity index (χ4n) is 2.60. The van der Waals surface area contributed by atoms with Gasteiger partial charge in [0, 0.05) is 17.7 Å².